The highest BCUT2D eigenvalue weighted by Crippen LogP contribution is 2.38. The Morgan fingerprint density at radius 1 is 1.02 bits per heavy atom. The molecule has 0 spiro atoms. The van der Waals surface area contributed by atoms with E-state index in [4.69, 9.17) is 37.4 Å². The zero-order chi connectivity index (χ0) is 31.7. The van der Waals surface area contributed by atoms with Gasteiger partial charge in [0, 0.05) is 20.1 Å². The van der Waals surface area contributed by atoms with Crippen molar-refractivity contribution in [1.82, 2.24) is 9.80 Å². The van der Waals surface area contributed by atoms with Crippen molar-refractivity contribution in [2.24, 2.45) is 5.92 Å². The maximum absolute atomic E-state index is 13.6. The van der Waals surface area contributed by atoms with E-state index in [0.29, 0.717) is 46.8 Å². The second-order valence-electron chi connectivity index (χ2n) is 12.5. The van der Waals surface area contributed by atoms with Gasteiger partial charge in [0.15, 0.2) is 0 Å². The highest BCUT2D eigenvalue weighted by Gasteiger charge is 2.36. The van der Waals surface area contributed by atoms with Crippen LogP contribution in [0.1, 0.15) is 83.8 Å². The Balaban J connectivity index is 1.23. The summed E-state index contributed by atoms with van der Waals surface area (Å²) < 4.78 is 18.1. The van der Waals surface area contributed by atoms with Crippen molar-refractivity contribution in [3.8, 4) is 11.5 Å². The summed E-state index contributed by atoms with van der Waals surface area (Å²) in [6.45, 7) is 3.96. The van der Waals surface area contributed by atoms with Crippen LogP contribution in [0.4, 0.5) is 0 Å². The molecule has 6 rings (SSSR count). The number of nitrogens with zero attached hydrogens (tertiary/aromatic N) is 2. The minimum atomic E-state index is -0.356. The summed E-state index contributed by atoms with van der Waals surface area (Å²) in [4.78, 5) is 30.4. The average Bonchev–Trinajstić information content (AvgIpc) is 3.52. The van der Waals surface area contributed by atoms with Crippen molar-refractivity contribution in [1.29, 1.82) is 0 Å². The van der Waals surface area contributed by atoms with E-state index in [0.717, 1.165) is 41.0 Å². The van der Waals surface area contributed by atoms with Crippen LogP contribution in [0.15, 0.2) is 54.6 Å². The summed E-state index contributed by atoms with van der Waals surface area (Å²) in [5.41, 5.74) is 4.54. The molecule has 0 saturated heterocycles. The predicted octanol–water partition coefficient (Wildman–Crippen LogP) is 7.82. The van der Waals surface area contributed by atoms with E-state index in [9.17, 15) is 9.59 Å². The van der Waals surface area contributed by atoms with Crippen LogP contribution in [0.3, 0.4) is 0 Å². The number of carbonyl (C=O) groups is 2. The number of hydrogen-bond donors (Lipinski definition) is 0. The number of likely N-dealkylation sites (N-methyl/N-ethyl adjacent to an activating group) is 1. The molecular weight excluding hydrogens is 611 g/mol. The Morgan fingerprint density at radius 2 is 1.78 bits per heavy atom. The molecule has 1 amide bonds. The SMILES string of the molecule is CC[C@@H](Oc1ccc([C@H]2CN(C)C(=O)c3cc4c(cc3O2)CN(CC2CCCC2)[C@H](C(=O)OC)C4)cc1)c1ccc(Cl)c(Cl)c1. The first-order valence-electron chi connectivity index (χ1n) is 15.8. The van der Waals surface area contributed by atoms with Crippen molar-refractivity contribution in [3.63, 3.8) is 0 Å². The first kappa shape index (κ1) is 31.7. The molecule has 0 radical (unpaired) electrons. The lowest BCUT2D eigenvalue weighted by Crippen LogP contribution is -2.47. The van der Waals surface area contributed by atoms with Gasteiger partial charge in [-0.3, -0.25) is 14.5 Å². The summed E-state index contributed by atoms with van der Waals surface area (Å²) in [7, 11) is 3.25. The van der Waals surface area contributed by atoms with E-state index in [-0.39, 0.29) is 30.1 Å². The van der Waals surface area contributed by atoms with Gasteiger partial charge in [-0.05, 0) is 90.3 Å². The number of hydrogen-bond acceptors (Lipinski definition) is 6. The summed E-state index contributed by atoms with van der Waals surface area (Å²) in [5.74, 6) is 1.59. The fourth-order valence-corrected chi connectivity index (χ4v) is 7.25. The smallest absolute Gasteiger partial charge is 0.323 e. The van der Waals surface area contributed by atoms with Crippen molar-refractivity contribution < 1.29 is 23.8 Å². The monoisotopic (exact) mass is 650 g/mol. The Hall–Kier alpha value is -3.26. The van der Waals surface area contributed by atoms with Gasteiger partial charge in [-0.2, -0.15) is 0 Å². The van der Waals surface area contributed by atoms with Gasteiger partial charge in [0.05, 0.1) is 29.3 Å². The Bertz CT molecular complexity index is 1560. The van der Waals surface area contributed by atoms with Gasteiger partial charge in [0.2, 0.25) is 0 Å². The summed E-state index contributed by atoms with van der Waals surface area (Å²) >= 11 is 12.4. The minimum absolute atomic E-state index is 0.0920. The first-order chi connectivity index (χ1) is 21.7. The van der Waals surface area contributed by atoms with Crippen LogP contribution in [-0.2, 0) is 22.5 Å². The van der Waals surface area contributed by atoms with E-state index >= 15 is 0 Å². The fraction of sp³-hybridized carbons (Fsp3) is 0.444. The van der Waals surface area contributed by atoms with Gasteiger partial charge < -0.3 is 19.1 Å². The average molecular weight is 652 g/mol. The number of amides is 1. The van der Waals surface area contributed by atoms with Crippen LogP contribution in [0, 0.1) is 5.92 Å². The Labute approximate surface area is 275 Å². The van der Waals surface area contributed by atoms with Gasteiger partial charge in [-0.1, -0.05) is 61.2 Å². The maximum Gasteiger partial charge on any atom is 0.323 e. The molecule has 1 saturated carbocycles. The maximum atomic E-state index is 13.6. The highest BCUT2D eigenvalue weighted by atomic mass is 35.5. The number of esters is 1. The predicted molar refractivity (Wildman–Crippen MR) is 175 cm³/mol. The molecular formula is C36H40Cl2N2O5. The van der Waals surface area contributed by atoms with Crippen LogP contribution in [0.5, 0.6) is 11.5 Å². The molecule has 1 aliphatic carbocycles. The van der Waals surface area contributed by atoms with E-state index in [1.807, 2.05) is 48.5 Å². The van der Waals surface area contributed by atoms with Gasteiger partial charge in [-0.15, -0.1) is 0 Å². The Kier molecular flexibility index (Phi) is 9.60. The summed E-state index contributed by atoms with van der Waals surface area (Å²) in [5, 5.41) is 1.02. The lowest BCUT2D eigenvalue weighted by Gasteiger charge is -2.37. The van der Waals surface area contributed by atoms with Crippen LogP contribution >= 0.6 is 23.2 Å². The number of carbonyl (C=O) groups excluding carboxylic acids is 2. The van der Waals surface area contributed by atoms with Gasteiger partial charge in [0.1, 0.15) is 29.7 Å². The molecule has 0 N–H and O–H groups in total. The third-order valence-corrected chi connectivity index (χ3v) is 10.2. The molecule has 45 heavy (non-hydrogen) atoms. The van der Waals surface area contributed by atoms with Crippen molar-refractivity contribution >= 4 is 35.1 Å². The lowest BCUT2D eigenvalue weighted by molar-refractivity contribution is -0.148. The van der Waals surface area contributed by atoms with E-state index < -0.39 is 0 Å². The number of halogens is 2. The third kappa shape index (κ3) is 6.81. The van der Waals surface area contributed by atoms with Crippen LogP contribution in [-0.4, -0.2) is 55.0 Å². The second-order valence-corrected chi connectivity index (χ2v) is 13.3. The number of rotatable bonds is 8. The van der Waals surface area contributed by atoms with Crippen LogP contribution < -0.4 is 9.47 Å². The van der Waals surface area contributed by atoms with Gasteiger partial charge in [-0.25, -0.2) is 0 Å². The zero-order valence-corrected chi connectivity index (χ0v) is 27.6. The third-order valence-electron chi connectivity index (χ3n) is 9.47. The molecule has 2 aliphatic heterocycles. The van der Waals surface area contributed by atoms with E-state index in [2.05, 4.69) is 11.8 Å². The molecule has 3 aromatic carbocycles. The number of ether oxygens (including phenoxy) is 3. The molecule has 9 heteroatoms. The number of benzene rings is 3. The molecule has 2 heterocycles. The molecule has 7 nitrogen and oxygen atoms in total. The minimum Gasteiger partial charge on any atom is -0.486 e. The van der Waals surface area contributed by atoms with Gasteiger partial charge in [0.25, 0.3) is 5.91 Å². The quantitative estimate of drug-likeness (QED) is 0.232. The second kappa shape index (κ2) is 13.6. The number of methoxy groups -OCH3 is 1. The van der Waals surface area contributed by atoms with E-state index in [1.165, 1.54) is 32.8 Å². The van der Waals surface area contributed by atoms with E-state index in [1.54, 1.807) is 18.0 Å². The first-order valence-corrected chi connectivity index (χ1v) is 16.6. The molecule has 3 atom stereocenters. The fourth-order valence-electron chi connectivity index (χ4n) is 6.95. The lowest BCUT2D eigenvalue weighted by atomic mass is 9.90. The Morgan fingerprint density at radius 3 is 2.47 bits per heavy atom. The van der Waals surface area contributed by atoms with Crippen molar-refractivity contribution in [3.05, 3.63) is 92.5 Å². The van der Waals surface area contributed by atoms with Gasteiger partial charge >= 0.3 is 5.97 Å². The summed E-state index contributed by atoms with van der Waals surface area (Å²) in [6, 6.07) is 17.0. The molecule has 0 bridgehead atoms. The largest absolute Gasteiger partial charge is 0.486 e. The standard InChI is InChI=1S/C36H40Cl2N2O5/c1-4-32(24-11-14-29(37)30(38)16-24)44-27-12-9-23(10-13-27)34-21-39(2)35(41)28-15-25-17-31(36(42)43-3)40(19-22-7-5-6-8-22)20-26(25)18-33(28)45-34/h9-16,18,22,31-32,34H,4-8,17,19-21H2,1-3H3/t31-,32+,34+/m0/s1. The highest BCUT2D eigenvalue weighted by molar-refractivity contribution is 6.42. The molecule has 238 valence electrons. The topological polar surface area (TPSA) is 68.3 Å². The molecule has 3 aromatic rings. The van der Waals surface area contributed by atoms with Crippen molar-refractivity contribution in [2.45, 2.75) is 70.2 Å². The molecule has 0 unspecified atom stereocenters. The zero-order valence-electron chi connectivity index (χ0n) is 26.1. The molecule has 1 fully saturated rings. The number of fused-ring (bicyclic) bond motifs is 2. The summed E-state index contributed by atoms with van der Waals surface area (Å²) in [6.07, 6.45) is 5.65. The van der Waals surface area contributed by atoms with Crippen LogP contribution in [0.25, 0.3) is 0 Å². The van der Waals surface area contributed by atoms with Crippen LogP contribution in [0.2, 0.25) is 10.0 Å². The normalized spacial score (nSPS) is 21.0. The molecule has 3 aliphatic rings. The van der Waals surface area contributed by atoms with Crippen molar-refractivity contribution in [2.75, 3.05) is 27.2 Å². The molecule has 0 aromatic heterocycles.